The molecule has 1 aromatic carbocycles. The molecule has 0 aliphatic carbocycles. The molecule has 5 nitrogen and oxygen atoms in total. The van der Waals surface area contributed by atoms with E-state index in [0.717, 1.165) is 11.4 Å². The van der Waals surface area contributed by atoms with Crippen LogP contribution in [0.3, 0.4) is 0 Å². The summed E-state index contributed by atoms with van der Waals surface area (Å²) in [4.78, 5) is 15.8. The van der Waals surface area contributed by atoms with E-state index in [1.165, 1.54) is 24.5 Å². The van der Waals surface area contributed by atoms with Crippen LogP contribution >= 0.6 is 11.6 Å². The Morgan fingerprint density at radius 1 is 1.21 bits per heavy atom. The first-order valence-electron chi connectivity index (χ1n) is 7.02. The van der Waals surface area contributed by atoms with E-state index in [1.54, 1.807) is 24.3 Å². The average molecular weight is 343 g/mol. The lowest BCUT2D eigenvalue weighted by Gasteiger charge is -2.06. The van der Waals surface area contributed by atoms with Gasteiger partial charge in [-0.15, -0.1) is 0 Å². The molecule has 0 spiro atoms. The molecule has 0 radical (unpaired) electrons. The van der Waals surface area contributed by atoms with Crippen LogP contribution in [-0.4, -0.2) is 21.7 Å². The molecule has 0 fully saturated rings. The third-order valence-electron chi connectivity index (χ3n) is 3.25. The summed E-state index contributed by atoms with van der Waals surface area (Å²) in [6.45, 7) is 0. The van der Waals surface area contributed by atoms with Gasteiger partial charge in [0.05, 0.1) is 17.5 Å². The Morgan fingerprint density at radius 2 is 2.00 bits per heavy atom. The Hall–Kier alpha value is -2.99. The minimum Gasteiger partial charge on any atom is -0.316 e. The molecule has 120 valence electrons. The fourth-order valence-corrected chi connectivity index (χ4v) is 2.31. The monoisotopic (exact) mass is 342 g/mol. The van der Waals surface area contributed by atoms with Crippen molar-refractivity contribution in [2.75, 3.05) is 0 Å². The van der Waals surface area contributed by atoms with Crippen molar-refractivity contribution in [3.63, 3.8) is 0 Å². The summed E-state index contributed by atoms with van der Waals surface area (Å²) in [6, 6.07) is 12.9. The number of benzene rings is 1. The average Bonchev–Trinajstić information content (AvgIpc) is 3.04. The molecule has 0 unspecified atom stereocenters. The highest BCUT2D eigenvalue weighted by atomic mass is 35.5. The van der Waals surface area contributed by atoms with Crippen molar-refractivity contribution in [2.24, 2.45) is 5.10 Å². The summed E-state index contributed by atoms with van der Waals surface area (Å²) in [5.41, 5.74) is 4.14. The van der Waals surface area contributed by atoms with E-state index < -0.39 is 5.91 Å². The number of nitrogens with one attached hydrogen (secondary N) is 1. The first-order valence-corrected chi connectivity index (χ1v) is 7.40. The molecule has 24 heavy (non-hydrogen) atoms. The van der Waals surface area contributed by atoms with Gasteiger partial charge in [0.15, 0.2) is 0 Å². The largest absolute Gasteiger partial charge is 0.316 e. The summed E-state index contributed by atoms with van der Waals surface area (Å²) in [6.07, 6.45) is 4.80. The molecule has 0 saturated heterocycles. The van der Waals surface area contributed by atoms with Gasteiger partial charge in [0.1, 0.15) is 11.0 Å². The van der Waals surface area contributed by atoms with Crippen molar-refractivity contribution >= 4 is 23.7 Å². The van der Waals surface area contributed by atoms with Gasteiger partial charge in [0.2, 0.25) is 0 Å². The minimum atomic E-state index is -0.454. The standard InChI is InChI=1S/C17H12ClFN4O/c18-16-15(4-1-9-20-16)17(24)22-21-11-14-3-2-10-23(14)13-7-5-12(19)6-8-13/h1-11H,(H,22,24). The fraction of sp³-hybridized carbons (Fsp3) is 0. The van der Waals surface area contributed by atoms with Crippen molar-refractivity contribution in [1.29, 1.82) is 0 Å². The minimum absolute atomic E-state index is 0.111. The maximum Gasteiger partial charge on any atom is 0.274 e. The van der Waals surface area contributed by atoms with Crippen LogP contribution in [0.4, 0.5) is 4.39 Å². The van der Waals surface area contributed by atoms with Gasteiger partial charge >= 0.3 is 0 Å². The zero-order chi connectivity index (χ0) is 16.9. The molecule has 2 aromatic heterocycles. The van der Waals surface area contributed by atoms with Crippen molar-refractivity contribution in [3.05, 3.63) is 83.2 Å². The number of carbonyl (C=O) groups excluding carboxylic acids is 1. The number of nitrogens with zero attached hydrogens (tertiary/aromatic N) is 3. The van der Waals surface area contributed by atoms with Crippen LogP contribution in [0.2, 0.25) is 5.15 Å². The van der Waals surface area contributed by atoms with Gasteiger partial charge in [-0.25, -0.2) is 14.8 Å². The number of carbonyl (C=O) groups is 1. The number of hydrogen-bond donors (Lipinski definition) is 1. The molecular weight excluding hydrogens is 331 g/mol. The normalized spacial score (nSPS) is 10.9. The van der Waals surface area contributed by atoms with Crippen LogP contribution in [-0.2, 0) is 0 Å². The second-order valence-electron chi connectivity index (χ2n) is 4.82. The molecule has 7 heteroatoms. The fourth-order valence-electron chi connectivity index (χ4n) is 2.11. The summed E-state index contributed by atoms with van der Waals surface area (Å²) < 4.78 is 14.8. The lowest BCUT2D eigenvalue weighted by atomic mass is 10.3. The molecule has 0 atom stereocenters. The van der Waals surface area contributed by atoms with E-state index >= 15 is 0 Å². The first-order chi connectivity index (χ1) is 11.6. The highest BCUT2D eigenvalue weighted by Crippen LogP contribution is 2.13. The third kappa shape index (κ3) is 3.49. The van der Waals surface area contributed by atoms with Crippen LogP contribution in [0.25, 0.3) is 5.69 Å². The molecular formula is C17H12ClFN4O. The van der Waals surface area contributed by atoms with Gasteiger partial charge in [-0.05, 0) is 48.5 Å². The lowest BCUT2D eigenvalue weighted by molar-refractivity contribution is 0.0955. The number of aromatic nitrogens is 2. The van der Waals surface area contributed by atoms with Gasteiger partial charge in [-0.2, -0.15) is 5.10 Å². The SMILES string of the molecule is O=C(NN=Cc1cccn1-c1ccc(F)cc1)c1cccnc1Cl. The molecule has 0 saturated carbocycles. The molecule has 1 N–H and O–H groups in total. The maximum absolute atomic E-state index is 13.0. The Morgan fingerprint density at radius 3 is 2.75 bits per heavy atom. The van der Waals surface area contributed by atoms with Gasteiger partial charge in [0.25, 0.3) is 5.91 Å². The Labute approximate surface area is 142 Å². The van der Waals surface area contributed by atoms with Gasteiger partial charge in [-0.1, -0.05) is 11.6 Å². The summed E-state index contributed by atoms with van der Waals surface area (Å²) >= 11 is 5.86. The highest BCUT2D eigenvalue weighted by molar-refractivity contribution is 6.32. The summed E-state index contributed by atoms with van der Waals surface area (Å²) in [5, 5.41) is 4.04. The van der Waals surface area contributed by atoms with Gasteiger partial charge < -0.3 is 4.57 Å². The van der Waals surface area contributed by atoms with Crippen LogP contribution in [0.5, 0.6) is 0 Å². The summed E-state index contributed by atoms with van der Waals surface area (Å²) in [7, 11) is 0. The second kappa shape index (κ2) is 7.06. The Bertz CT molecular complexity index is 890. The molecule has 0 aliphatic heterocycles. The predicted molar refractivity (Wildman–Crippen MR) is 90.0 cm³/mol. The molecule has 1 amide bonds. The predicted octanol–water partition coefficient (Wildman–Crippen LogP) is 3.43. The van der Waals surface area contributed by atoms with Crippen molar-refractivity contribution in [2.45, 2.75) is 0 Å². The summed E-state index contributed by atoms with van der Waals surface area (Å²) in [5.74, 6) is -0.758. The van der Waals surface area contributed by atoms with E-state index in [2.05, 4.69) is 15.5 Å². The third-order valence-corrected chi connectivity index (χ3v) is 3.55. The van der Waals surface area contributed by atoms with Crippen LogP contribution < -0.4 is 5.43 Å². The number of hydrazone groups is 1. The van der Waals surface area contributed by atoms with E-state index in [9.17, 15) is 9.18 Å². The van der Waals surface area contributed by atoms with Crippen molar-refractivity contribution < 1.29 is 9.18 Å². The van der Waals surface area contributed by atoms with Crippen LogP contribution in [0, 0.1) is 5.82 Å². The topological polar surface area (TPSA) is 59.3 Å². The van der Waals surface area contributed by atoms with Crippen molar-refractivity contribution in [3.8, 4) is 5.69 Å². The highest BCUT2D eigenvalue weighted by Gasteiger charge is 2.09. The van der Waals surface area contributed by atoms with E-state index in [4.69, 9.17) is 11.6 Å². The quantitative estimate of drug-likeness (QED) is 0.448. The number of halogens is 2. The second-order valence-corrected chi connectivity index (χ2v) is 5.18. The molecule has 2 heterocycles. The molecule has 3 rings (SSSR count). The Balaban J connectivity index is 1.74. The number of pyridine rings is 1. The van der Waals surface area contributed by atoms with Gasteiger partial charge in [0, 0.05) is 18.1 Å². The number of hydrogen-bond acceptors (Lipinski definition) is 3. The number of amides is 1. The zero-order valence-electron chi connectivity index (χ0n) is 12.4. The maximum atomic E-state index is 13.0. The zero-order valence-corrected chi connectivity index (χ0v) is 13.1. The van der Waals surface area contributed by atoms with Crippen LogP contribution in [0.1, 0.15) is 16.1 Å². The molecule has 0 aliphatic rings. The molecule has 3 aromatic rings. The first kappa shape index (κ1) is 15.9. The van der Waals surface area contributed by atoms with E-state index in [1.807, 2.05) is 22.9 Å². The lowest BCUT2D eigenvalue weighted by Crippen LogP contribution is -2.18. The van der Waals surface area contributed by atoms with Crippen LogP contribution in [0.15, 0.2) is 66.0 Å². The molecule has 0 bridgehead atoms. The Kier molecular flexibility index (Phi) is 4.67. The number of rotatable bonds is 4. The van der Waals surface area contributed by atoms with Crippen molar-refractivity contribution in [1.82, 2.24) is 15.0 Å². The van der Waals surface area contributed by atoms with E-state index in [-0.39, 0.29) is 16.5 Å². The van der Waals surface area contributed by atoms with E-state index in [0.29, 0.717) is 0 Å². The smallest absolute Gasteiger partial charge is 0.274 e. The van der Waals surface area contributed by atoms with Gasteiger partial charge in [-0.3, -0.25) is 4.79 Å².